The minimum absolute atomic E-state index is 0.00611. The molecule has 0 radical (unpaired) electrons. The molecule has 1 aliphatic rings. The number of carbonyl (C=O) groups is 1. The average Bonchev–Trinajstić information content (AvgIpc) is 2.80. The minimum Gasteiger partial charge on any atom is -0.435 e. The van der Waals surface area contributed by atoms with Crippen LogP contribution in [0.5, 0.6) is 11.5 Å². The van der Waals surface area contributed by atoms with Crippen LogP contribution in [0.3, 0.4) is 0 Å². The Hall–Kier alpha value is -2.43. The van der Waals surface area contributed by atoms with Crippen molar-refractivity contribution < 1.29 is 23.0 Å². The lowest BCUT2D eigenvalue weighted by Crippen LogP contribution is -2.25. The third-order valence-corrected chi connectivity index (χ3v) is 6.38. The van der Waals surface area contributed by atoms with Crippen LogP contribution < -0.4 is 9.47 Å². The van der Waals surface area contributed by atoms with Gasteiger partial charge in [0.05, 0.1) is 5.92 Å². The Kier molecular flexibility index (Phi) is 9.51. The smallest absolute Gasteiger partial charge is 0.387 e. The van der Waals surface area contributed by atoms with E-state index in [9.17, 15) is 13.6 Å². The standard InChI is InChI=1S/C27H34F2O3/c1-2-3-4-5-6-7-20-8-10-23(11-9-20)26(30)31-24-16-12-21(13-17-24)22-14-18-25(19-15-22)32-27(28)29/h12-20,23,27H,2-11H2,1H3/t20-,23-. The van der Waals surface area contributed by atoms with Crippen molar-refractivity contribution in [2.75, 3.05) is 0 Å². The Labute approximate surface area is 190 Å². The Morgan fingerprint density at radius 1 is 0.844 bits per heavy atom. The number of hydrogen-bond acceptors (Lipinski definition) is 3. The van der Waals surface area contributed by atoms with Gasteiger partial charge >= 0.3 is 12.6 Å². The van der Waals surface area contributed by atoms with Gasteiger partial charge in [0.15, 0.2) is 0 Å². The third kappa shape index (κ3) is 7.61. The van der Waals surface area contributed by atoms with Gasteiger partial charge < -0.3 is 9.47 Å². The highest BCUT2D eigenvalue weighted by Crippen LogP contribution is 2.33. The first-order chi connectivity index (χ1) is 15.5. The van der Waals surface area contributed by atoms with E-state index in [-0.39, 0.29) is 17.6 Å². The molecule has 0 heterocycles. The number of carbonyl (C=O) groups excluding carboxylic acids is 1. The predicted molar refractivity (Wildman–Crippen MR) is 123 cm³/mol. The van der Waals surface area contributed by atoms with E-state index >= 15 is 0 Å². The highest BCUT2D eigenvalue weighted by Gasteiger charge is 2.27. The van der Waals surface area contributed by atoms with Crippen LogP contribution in [0.4, 0.5) is 8.78 Å². The summed E-state index contributed by atoms with van der Waals surface area (Å²) in [6.07, 6.45) is 12.0. The van der Waals surface area contributed by atoms with Crippen molar-refractivity contribution in [3.8, 4) is 22.6 Å². The Bertz CT molecular complexity index is 810. The largest absolute Gasteiger partial charge is 0.435 e. The number of alkyl halides is 2. The van der Waals surface area contributed by atoms with Crippen molar-refractivity contribution in [3.05, 3.63) is 48.5 Å². The maximum Gasteiger partial charge on any atom is 0.387 e. The maximum atomic E-state index is 12.6. The fourth-order valence-electron chi connectivity index (χ4n) is 4.47. The minimum atomic E-state index is -2.83. The summed E-state index contributed by atoms with van der Waals surface area (Å²) in [5.41, 5.74) is 1.78. The molecule has 1 saturated carbocycles. The lowest BCUT2D eigenvalue weighted by Gasteiger charge is -2.27. The first kappa shape index (κ1) is 24.2. The Balaban J connectivity index is 1.43. The maximum absolute atomic E-state index is 12.6. The van der Waals surface area contributed by atoms with Crippen LogP contribution >= 0.6 is 0 Å². The molecule has 3 nitrogen and oxygen atoms in total. The van der Waals surface area contributed by atoms with Gasteiger partial charge in [0, 0.05) is 0 Å². The molecule has 0 amide bonds. The second kappa shape index (κ2) is 12.6. The zero-order valence-corrected chi connectivity index (χ0v) is 18.9. The molecule has 2 aromatic rings. The Morgan fingerprint density at radius 3 is 1.97 bits per heavy atom. The van der Waals surface area contributed by atoms with Gasteiger partial charge in [0.25, 0.3) is 0 Å². The second-order valence-corrected chi connectivity index (χ2v) is 8.77. The topological polar surface area (TPSA) is 35.5 Å². The lowest BCUT2D eigenvalue weighted by atomic mass is 9.80. The van der Waals surface area contributed by atoms with E-state index in [1.54, 1.807) is 24.3 Å². The third-order valence-electron chi connectivity index (χ3n) is 6.38. The van der Waals surface area contributed by atoms with Gasteiger partial charge in [-0.15, -0.1) is 0 Å². The zero-order valence-electron chi connectivity index (χ0n) is 18.9. The predicted octanol–water partition coefficient (Wildman–Crippen LogP) is 8.03. The van der Waals surface area contributed by atoms with Crippen LogP contribution in [-0.4, -0.2) is 12.6 Å². The van der Waals surface area contributed by atoms with Gasteiger partial charge in [-0.3, -0.25) is 4.79 Å². The molecular formula is C27H34F2O3. The summed E-state index contributed by atoms with van der Waals surface area (Å²) in [5, 5.41) is 0. The first-order valence-electron chi connectivity index (χ1n) is 11.9. The molecule has 0 spiro atoms. The molecule has 0 aromatic heterocycles. The molecule has 0 N–H and O–H groups in total. The molecule has 0 bridgehead atoms. The van der Waals surface area contributed by atoms with Crippen LogP contribution in [0, 0.1) is 11.8 Å². The fourth-order valence-corrected chi connectivity index (χ4v) is 4.47. The Morgan fingerprint density at radius 2 is 1.41 bits per heavy atom. The lowest BCUT2D eigenvalue weighted by molar-refractivity contribution is -0.140. The van der Waals surface area contributed by atoms with E-state index in [1.165, 1.54) is 50.7 Å². The molecule has 0 aliphatic heterocycles. The molecule has 5 heteroatoms. The van der Waals surface area contributed by atoms with Gasteiger partial charge in [-0.2, -0.15) is 8.78 Å². The second-order valence-electron chi connectivity index (χ2n) is 8.77. The van der Waals surface area contributed by atoms with Gasteiger partial charge in [-0.05, 0) is 67.0 Å². The van der Waals surface area contributed by atoms with Crippen LogP contribution in [0.2, 0.25) is 0 Å². The molecule has 0 atom stereocenters. The van der Waals surface area contributed by atoms with Crippen molar-refractivity contribution in [1.82, 2.24) is 0 Å². The van der Waals surface area contributed by atoms with Gasteiger partial charge in [-0.1, -0.05) is 69.7 Å². The SMILES string of the molecule is CCCCCCC[C@H]1CC[C@H](C(=O)Oc2ccc(-c3ccc(OC(F)F)cc3)cc2)CC1. The van der Waals surface area contributed by atoms with Crippen molar-refractivity contribution in [2.45, 2.75) is 77.7 Å². The highest BCUT2D eigenvalue weighted by molar-refractivity contribution is 5.75. The summed E-state index contributed by atoms with van der Waals surface area (Å²) >= 11 is 0. The number of unbranched alkanes of at least 4 members (excludes halogenated alkanes) is 4. The molecule has 3 rings (SSSR count). The molecule has 1 fully saturated rings. The average molecular weight is 445 g/mol. The monoisotopic (exact) mass is 444 g/mol. The van der Waals surface area contributed by atoms with Gasteiger partial charge in [-0.25, -0.2) is 0 Å². The van der Waals surface area contributed by atoms with Crippen molar-refractivity contribution >= 4 is 5.97 Å². The summed E-state index contributed by atoms with van der Waals surface area (Å²) in [5.74, 6) is 1.29. The molecule has 174 valence electrons. The van der Waals surface area contributed by atoms with E-state index in [1.807, 2.05) is 12.1 Å². The number of benzene rings is 2. The molecule has 0 saturated heterocycles. The summed E-state index contributed by atoms with van der Waals surface area (Å²) < 4.78 is 34.5. The number of ether oxygens (including phenoxy) is 2. The fraction of sp³-hybridized carbons (Fsp3) is 0.519. The molecular weight excluding hydrogens is 410 g/mol. The van der Waals surface area contributed by atoms with Crippen molar-refractivity contribution in [1.29, 1.82) is 0 Å². The van der Waals surface area contributed by atoms with Crippen LogP contribution in [0.25, 0.3) is 11.1 Å². The summed E-state index contributed by atoms with van der Waals surface area (Å²) in [6, 6.07) is 13.7. The van der Waals surface area contributed by atoms with Crippen molar-refractivity contribution in [2.24, 2.45) is 11.8 Å². The van der Waals surface area contributed by atoms with Crippen LogP contribution in [-0.2, 0) is 4.79 Å². The van der Waals surface area contributed by atoms with Gasteiger partial charge in [0.2, 0.25) is 0 Å². The van der Waals surface area contributed by atoms with Crippen LogP contribution in [0.1, 0.15) is 71.1 Å². The van der Waals surface area contributed by atoms with E-state index in [0.29, 0.717) is 5.75 Å². The molecule has 1 aliphatic carbocycles. The van der Waals surface area contributed by atoms with Crippen molar-refractivity contribution in [3.63, 3.8) is 0 Å². The van der Waals surface area contributed by atoms with Crippen LogP contribution in [0.15, 0.2) is 48.5 Å². The summed E-state index contributed by atoms with van der Waals surface area (Å²) in [6.45, 7) is -0.593. The summed E-state index contributed by atoms with van der Waals surface area (Å²) in [4.78, 5) is 12.6. The number of hydrogen-bond donors (Lipinski definition) is 0. The number of rotatable bonds is 11. The molecule has 0 unspecified atom stereocenters. The van der Waals surface area contributed by atoms with Gasteiger partial charge in [0.1, 0.15) is 11.5 Å². The highest BCUT2D eigenvalue weighted by atomic mass is 19.3. The summed E-state index contributed by atoms with van der Waals surface area (Å²) in [7, 11) is 0. The number of halogens is 2. The quantitative estimate of drug-likeness (QED) is 0.200. The normalized spacial score (nSPS) is 18.5. The first-order valence-corrected chi connectivity index (χ1v) is 11.9. The number of esters is 1. The van der Waals surface area contributed by atoms with E-state index in [0.717, 1.165) is 42.7 Å². The van der Waals surface area contributed by atoms with E-state index in [2.05, 4.69) is 11.7 Å². The van der Waals surface area contributed by atoms with E-state index < -0.39 is 6.61 Å². The molecule has 2 aromatic carbocycles. The molecule has 32 heavy (non-hydrogen) atoms. The van der Waals surface area contributed by atoms with E-state index in [4.69, 9.17) is 4.74 Å². The zero-order chi connectivity index (χ0) is 22.8.